The summed E-state index contributed by atoms with van der Waals surface area (Å²) in [7, 11) is 1.56. The van der Waals surface area contributed by atoms with Gasteiger partial charge in [-0.05, 0) is 29.8 Å². The van der Waals surface area contributed by atoms with Crippen LogP contribution < -0.4 is 14.8 Å². The fourth-order valence-electron chi connectivity index (χ4n) is 3.61. The number of nitrogens with zero attached hydrogens (tertiary/aromatic N) is 2. The van der Waals surface area contributed by atoms with Crippen molar-refractivity contribution in [3.8, 4) is 11.5 Å². The van der Waals surface area contributed by atoms with Gasteiger partial charge in [0.1, 0.15) is 17.0 Å². The third-order valence-corrected chi connectivity index (χ3v) is 5.54. The number of ether oxygens (including phenoxy) is 2. The standard InChI is InChI=1S/C23H22ClN3O4/c1-23(2)12-31-21-15(23)10-16(27-22(21)24)17(28)11-26-19(29)9-13-7-14-5-4-6-25-20(14)18(8-13)30-3/h4-8,10H,9,11-12H2,1-3H3,(H,26,29). The molecule has 0 radical (unpaired) electrons. The lowest BCUT2D eigenvalue weighted by molar-refractivity contribution is -0.120. The fourth-order valence-corrected chi connectivity index (χ4v) is 3.86. The summed E-state index contributed by atoms with van der Waals surface area (Å²) < 4.78 is 11.0. The van der Waals surface area contributed by atoms with Crippen LogP contribution >= 0.6 is 11.6 Å². The van der Waals surface area contributed by atoms with Crippen LogP contribution in [0.15, 0.2) is 36.5 Å². The predicted molar refractivity (Wildman–Crippen MR) is 117 cm³/mol. The zero-order valence-electron chi connectivity index (χ0n) is 17.5. The molecule has 4 rings (SSSR count). The monoisotopic (exact) mass is 439 g/mol. The molecule has 7 nitrogen and oxygen atoms in total. The van der Waals surface area contributed by atoms with Crippen LogP contribution in [0.25, 0.3) is 10.9 Å². The van der Waals surface area contributed by atoms with Crippen molar-refractivity contribution in [1.29, 1.82) is 0 Å². The summed E-state index contributed by atoms with van der Waals surface area (Å²) in [6.45, 7) is 4.33. The van der Waals surface area contributed by atoms with Crippen molar-refractivity contribution in [1.82, 2.24) is 15.3 Å². The average Bonchev–Trinajstić information content (AvgIpc) is 3.06. The predicted octanol–water partition coefficient (Wildman–Crippen LogP) is 3.50. The summed E-state index contributed by atoms with van der Waals surface area (Å²) in [5.74, 6) is 0.515. The Hall–Kier alpha value is -3.19. The number of nitrogens with one attached hydrogen (secondary N) is 1. The van der Waals surface area contributed by atoms with Gasteiger partial charge in [0.2, 0.25) is 5.91 Å². The lowest BCUT2D eigenvalue weighted by atomic mass is 9.87. The number of ketones is 1. The van der Waals surface area contributed by atoms with Crippen LogP contribution in [0.4, 0.5) is 0 Å². The summed E-state index contributed by atoms with van der Waals surface area (Å²) in [5, 5.41) is 3.70. The zero-order valence-corrected chi connectivity index (χ0v) is 18.2. The Labute approximate surface area is 184 Å². The number of aromatic nitrogens is 2. The summed E-state index contributed by atoms with van der Waals surface area (Å²) in [4.78, 5) is 33.5. The molecule has 0 saturated carbocycles. The molecule has 0 fully saturated rings. The number of methoxy groups -OCH3 is 1. The van der Waals surface area contributed by atoms with Gasteiger partial charge >= 0.3 is 0 Å². The number of hydrogen-bond acceptors (Lipinski definition) is 6. The van der Waals surface area contributed by atoms with Crippen LogP contribution in [0.2, 0.25) is 5.15 Å². The van der Waals surface area contributed by atoms with Gasteiger partial charge < -0.3 is 14.8 Å². The number of fused-ring (bicyclic) bond motifs is 2. The molecular weight excluding hydrogens is 418 g/mol. The zero-order chi connectivity index (χ0) is 22.2. The van der Waals surface area contributed by atoms with E-state index in [0.29, 0.717) is 18.1 Å². The fraction of sp³-hybridized carbons (Fsp3) is 0.304. The quantitative estimate of drug-likeness (QED) is 0.467. The van der Waals surface area contributed by atoms with E-state index in [1.54, 1.807) is 25.4 Å². The van der Waals surface area contributed by atoms with Gasteiger partial charge in [0.25, 0.3) is 0 Å². The summed E-state index contributed by atoms with van der Waals surface area (Å²) in [6, 6.07) is 9.09. The molecule has 31 heavy (non-hydrogen) atoms. The number of rotatable bonds is 6. The van der Waals surface area contributed by atoms with Crippen LogP contribution in [0.1, 0.15) is 35.5 Å². The van der Waals surface area contributed by atoms with Crippen LogP contribution in [-0.4, -0.2) is 41.9 Å². The lowest BCUT2D eigenvalue weighted by Gasteiger charge is -2.15. The molecule has 0 spiro atoms. The van der Waals surface area contributed by atoms with Crippen molar-refractivity contribution >= 4 is 34.2 Å². The van der Waals surface area contributed by atoms with Crippen LogP contribution in [-0.2, 0) is 16.6 Å². The van der Waals surface area contributed by atoms with Crippen molar-refractivity contribution in [3.63, 3.8) is 0 Å². The van der Waals surface area contributed by atoms with Gasteiger partial charge in [-0.25, -0.2) is 4.98 Å². The first-order valence-electron chi connectivity index (χ1n) is 9.84. The number of hydrogen-bond donors (Lipinski definition) is 1. The highest BCUT2D eigenvalue weighted by molar-refractivity contribution is 6.31. The molecule has 0 aliphatic carbocycles. The van der Waals surface area contributed by atoms with Crippen molar-refractivity contribution in [2.45, 2.75) is 25.7 Å². The summed E-state index contributed by atoms with van der Waals surface area (Å²) >= 11 is 6.20. The molecule has 8 heteroatoms. The highest BCUT2D eigenvalue weighted by atomic mass is 35.5. The topological polar surface area (TPSA) is 90.4 Å². The van der Waals surface area contributed by atoms with Gasteiger partial charge in [0.05, 0.1) is 26.7 Å². The van der Waals surface area contributed by atoms with E-state index in [1.165, 1.54) is 0 Å². The number of carbonyl (C=O) groups excluding carboxylic acids is 2. The van der Waals surface area contributed by atoms with Crippen LogP contribution in [0.5, 0.6) is 11.5 Å². The number of benzene rings is 1. The maximum absolute atomic E-state index is 12.6. The average molecular weight is 440 g/mol. The number of Topliss-reactive ketones (excluding diaryl/α,β-unsaturated/α-hetero) is 1. The lowest BCUT2D eigenvalue weighted by Crippen LogP contribution is -2.31. The van der Waals surface area contributed by atoms with Crippen molar-refractivity contribution in [3.05, 3.63) is 58.5 Å². The Morgan fingerprint density at radius 3 is 2.87 bits per heavy atom. The first-order chi connectivity index (χ1) is 14.8. The Bertz CT molecular complexity index is 1190. The molecule has 1 aliphatic rings. The van der Waals surface area contributed by atoms with Gasteiger partial charge in [-0.1, -0.05) is 31.5 Å². The molecule has 0 saturated heterocycles. The van der Waals surface area contributed by atoms with E-state index < -0.39 is 0 Å². The second-order valence-corrected chi connectivity index (χ2v) is 8.46. The van der Waals surface area contributed by atoms with Gasteiger partial charge in [-0.2, -0.15) is 0 Å². The van der Waals surface area contributed by atoms with Gasteiger partial charge in [0, 0.05) is 22.6 Å². The molecule has 0 atom stereocenters. The van der Waals surface area contributed by atoms with Gasteiger partial charge in [-0.15, -0.1) is 0 Å². The highest BCUT2D eigenvalue weighted by Crippen LogP contribution is 2.42. The summed E-state index contributed by atoms with van der Waals surface area (Å²) in [5.41, 5.74) is 2.29. The minimum absolute atomic E-state index is 0.105. The third-order valence-electron chi connectivity index (χ3n) is 5.28. The van der Waals surface area contributed by atoms with Crippen molar-refractivity contribution < 1.29 is 19.1 Å². The van der Waals surface area contributed by atoms with E-state index in [-0.39, 0.29) is 40.9 Å². The maximum atomic E-state index is 12.6. The molecule has 1 aliphatic heterocycles. The summed E-state index contributed by atoms with van der Waals surface area (Å²) in [6.07, 6.45) is 1.79. The first kappa shape index (κ1) is 21.1. The SMILES string of the molecule is COc1cc(CC(=O)NCC(=O)c2cc3c(c(Cl)n2)OCC3(C)C)cc2cccnc12. The normalized spacial score (nSPS) is 14.1. The van der Waals surface area contributed by atoms with Crippen molar-refractivity contribution in [2.24, 2.45) is 0 Å². The van der Waals surface area contributed by atoms with Crippen LogP contribution in [0.3, 0.4) is 0 Å². The molecule has 3 heterocycles. The van der Waals surface area contributed by atoms with E-state index in [2.05, 4.69) is 15.3 Å². The minimum Gasteiger partial charge on any atom is -0.494 e. The number of carbonyl (C=O) groups is 2. The van der Waals surface area contributed by atoms with E-state index in [0.717, 1.165) is 22.0 Å². The van der Waals surface area contributed by atoms with Crippen molar-refractivity contribution in [2.75, 3.05) is 20.3 Å². The minimum atomic E-state index is -0.318. The second kappa shape index (κ2) is 8.15. The van der Waals surface area contributed by atoms with Crippen LogP contribution in [0, 0.1) is 0 Å². The number of pyridine rings is 2. The van der Waals surface area contributed by atoms with E-state index in [9.17, 15) is 9.59 Å². The number of halogens is 1. The molecule has 2 aromatic heterocycles. The molecule has 0 bridgehead atoms. The molecule has 160 valence electrons. The first-order valence-corrected chi connectivity index (χ1v) is 10.2. The smallest absolute Gasteiger partial charge is 0.224 e. The van der Waals surface area contributed by atoms with Gasteiger partial charge in [0.15, 0.2) is 16.7 Å². The Morgan fingerprint density at radius 2 is 2.10 bits per heavy atom. The molecule has 0 unspecified atom stereocenters. The third kappa shape index (κ3) is 4.18. The molecule has 3 aromatic rings. The molecule has 1 N–H and O–H groups in total. The van der Waals surface area contributed by atoms with E-state index in [1.807, 2.05) is 32.0 Å². The molecular formula is C23H22ClN3O4. The number of amides is 1. The molecule has 1 aromatic carbocycles. The largest absolute Gasteiger partial charge is 0.494 e. The Balaban J connectivity index is 1.45. The Kier molecular flexibility index (Phi) is 5.54. The maximum Gasteiger partial charge on any atom is 0.224 e. The second-order valence-electron chi connectivity index (χ2n) is 8.10. The molecule has 1 amide bonds. The van der Waals surface area contributed by atoms with E-state index in [4.69, 9.17) is 21.1 Å². The highest BCUT2D eigenvalue weighted by Gasteiger charge is 2.35. The van der Waals surface area contributed by atoms with E-state index >= 15 is 0 Å². The van der Waals surface area contributed by atoms with Gasteiger partial charge in [-0.3, -0.25) is 14.6 Å². The Morgan fingerprint density at radius 1 is 1.29 bits per heavy atom.